The minimum absolute atomic E-state index is 0.320. The van der Waals surface area contributed by atoms with Crippen LogP contribution in [0.5, 0.6) is 0 Å². The molecule has 0 amide bonds. The van der Waals surface area contributed by atoms with E-state index in [0.29, 0.717) is 18.7 Å². The lowest BCUT2D eigenvalue weighted by Gasteiger charge is -2.19. The Hall–Kier alpha value is -1.20. The van der Waals surface area contributed by atoms with Gasteiger partial charge in [-0.05, 0) is 25.1 Å². The van der Waals surface area contributed by atoms with E-state index < -0.39 is 22.0 Å². The molecule has 0 aliphatic carbocycles. The Labute approximate surface area is 123 Å². The van der Waals surface area contributed by atoms with Crippen molar-refractivity contribution >= 4 is 16.8 Å². The summed E-state index contributed by atoms with van der Waals surface area (Å²) in [5.41, 5.74) is 0.913. The van der Waals surface area contributed by atoms with Gasteiger partial charge < -0.3 is 10.0 Å². The van der Waals surface area contributed by atoms with Gasteiger partial charge in [0.15, 0.2) is 0 Å². The lowest BCUT2D eigenvalue weighted by Crippen LogP contribution is -2.34. The number of nitrogens with zero attached hydrogens (tertiary/aromatic N) is 1. The van der Waals surface area contributed by atoms with Crippen LogP contribution in [0, 0.1) is 0 Å². The third kappa shape index (κ3) is 5.43. The van der Waals surface area contributed by atoms with Gasteiger partial charge in [-0.15, -0.1) is 0 Å². The summed E-state index contributed by atoms with van der Waals surface area (Å²) in [5.74, 6) is -0.572. The van der Waals surface area contributed by atoms with Crippen LogP contribution in [0.25, 0.3) is 0 Å². The van der Waals surface area contributed by atoms with Gasteiger partial charge in [-0.25, -0.2) is 0 Å². The largest absolute Gasteiger partial charge is 0.480 e. The van der Waals surface area contributed by atoms with Gasteiger partial charge in [0.2, 0.25) is 0 Å². The fourth-order valence-electron chi connectivity index (χ4n) is 2.02. The van der Waals surface area contributed by atoms with E-state index in [-0.39, 0.29) is 0 Å². The molecule has 0 saturated heterocycles. The summed E-state index contributed by atoms with van der Waals surface area (Å²) in [4.78, 5) is 13.5. The van der Waals surface area contributed by atoms with Crippen molar-refractivity contribution in [3.63, 3.8) is 0 Å². The zero-order valence-corrected chi connectivity index (χ0v) is 12.9. The summed E-state index contributed by atoms with van der Waals surface area (Å²) in [6.45, 7) is 6.56. The first-order valence-electron chi connectivity index (χ1n) is 6.94. The number of benzene rings is 1. The predicted molar refractivity (Wildman–Crippen MR) is 82.4 cm³/mol. The number of carboxylic acid groups (broad SMARTS) is 1. The van der Waals surface area contributed by atoms with Gasteiger partial charge in [0.25, 0.3) is 0 Å². The average Bonchev–Trinajstić information content (AvgIpc) is 2.46. The Kier molecular flexibility index (Phi) is 7.47. The molecule has 0 heterocycles. The molecule has 1 aromatic rings. The van der Waals surface area contributed by atoms with Gasteiger partial charge in [-0.2, -0.15) is 0 Å². The van der Waals surface area contributed by atoms with Crippen LogP contribution in [0.1, 0.15) is 19.4 Å². The molecule has 112 valence electrons. The first kappa shape index (κ1) is 16.9. The highest BCUT2D eigenvalue weighted by atomic mass is 32.2. The normalized spacial score (nSPS) is 14.2. The van der Waals surface area contributed by atoms with Gasteiger partial charge in [-0.3, -0.25) is 9.00 Å². The molecule has 0 aliphatic heterocycles. The van der Waals surface area contributed by atoms with Crippen LogP contribution in [-0.2, 0) is 22.0 Å². The maximum Gasteiger partial charge on any atom is 0.319 e. The van der Waals surface area contributed by atoms with Gasteiger partial charge in [0.1, 0.15) is 5.25 Å². The number of hydrogen-bond acceptors (Lipinski definition) is 3. The van der Waals surface area contributed by atoms with Gasteiger partial charge in [-0.1, -0.05) is 44.2 Å². The van der Waals surface area contributed by atoms with Crippen LogP contribution in [0.4, 0.5) is 0 Å². The number of carboxylic acids is 1. The Bertz CT molecular complexity index is 432. The SMILES string of the molecule is CCN(CC)CCS(=O)C(Cc1ccccc1)C(=O)O. The summed E-state index contributed by atoms with van der Waals surface area (Å²) in [5, 5.41) is 8.45. The van der Waals surface area contributed by atoms with E-state index in [4.69, 9.17) is 0 Å². The summed E-state index contributed by atoms with van der Waals surface area (Å²) in [6.07, 6.45) is 0.320. The molecule has 1 aromatic carbocycles. The molecule has 0 aromatic heterocycles. The lowest BCUT2D eigenvalue weighted by atomic mass is 10.1. The van der Waals surface area contributed by atoms with Crippen molar-refractivity contribution in [2.45, 2.75) is 25.5 Å². The van der Waals surface area contributed by atoms with Crippen LogP contribution >= 0.6 is 0 Å². The van der Waals surface area contributed by atoms with Crippen LogP contribution < -0.4 is 0 Å². The molecule has 0 spiro atoms. The van der Waals surface area contributed by atoms with Crippen LogP contribution in [0.15, 0.2) is 30.3 Å². The number of hydrogen-bond donors (Lipinski definition) is 1. The summed E-state index contributed by atoms with van der Waals surface area (Å²) in [7, 11) is -1.35. The molecule has 5 heteroatoms. The Morgan fingerprint density at radius 2 is 1.85 bits per heavy atom. The molecule has 0 aliphatic rings. The molecular weight excluding hydrogens is 274 g/mol. The quantitative estimate of drug-likeness (QED) is 0.755. The molecule has 0 radical (unpaired) electrons. The van der Waals surface area contributed by atoms with E-state index in [2.05, 4.69) is 4.90 Å². The molecule has 2 atom stereocenters. The monoisotopic (exact) mass is 297 g/mol. The van der Waals surface area contributed by atoms with E-state index in [9.17, 15) is 14.1 Å². The van der Waals surface area contributed by atoms with Gasteiger partial charge in [0.05, 0.1) is 0 Å². The first-order chi connectivity index (χ1) is 9.58. The molecule has 0 saturated carbocycles. The molecule has 20 heavy (non-hydrogen) atoms. The molecule has 1 rings (SSSR count). The highest BCUT2D eigenvalue weighted by Crippen LogP contribution is 2.09. The van der Waals surface area contributed by atoms with Crippen molar-refractivity contribution < 1.29 is 14.1 Å². The fraction of sp³-hybridized carbons (Fsp3) is 0.533. The lowest BCUT2D eigenvalue weighted by molar-refractivity contribution is -0.136. The summed E-state index contributed by atoms with van der Waals surface area (Å²) in [6, 6.07) is 9.37. The first-order valence-corrected chi connectivity index (χ1v) is 8.32. The maximum absolute atomic E-state index is 12.2. The second kappa shape index (κ2) is 8.87. The van der Waals surface area contributed by atoms with Crippen LogP contribution in [0.3, 0.4) is 0 Å². The van der Waals surface area contributed by atoms with Gasteiger partial charge >= 0.3 is 5.97 Å². The molecule has 1 N–H and O–H groups in total. The van der Waals surface area contributed by atoms with Crippen molar-refractivity contribution in [2.75, 3.05) is 25.4 Å². The van der Waals surface area contributed by atoms with E-state index >= 15 is 0 Å². The minimum atomic E-state index is -1.35. The summed E-state index contributed by atoms with van der Waals surface area (Å²) < 4.78 is 12.2. The third-order valence-electron chi connectivity index (χ3n) is 3.36. The average molecular weight is 297 g/mol. The Balaban J connectivity index is 2.62. The highest BCUT2D eigenvalue weighted by Gasteiger charge is 2.25. The Morgan fingerprint density at radius 1 is 1.25 bits per heavy atom. The smallest absolute Gasteiger partial charge is 0.319 e. The molecule has 2 unspecified atom stereocenters. The van der Waals surface area contributed by atoms with E-state index in [1.807, 2.05) is 44.2 Å². The van der Waals surface area contributed by atoms with Gasteiger partial charge in [0, 0.05) is 23.1 Å². The fourth-order valence-corrected chi connectivity index (χ4v) is 3.35. The van der Waals surface area contributed by atoms with Crippen LogP contribution in [-0.4, -0.2) is 50.8 Å². The van der Waals surface area contributed by atoms with Crippen molar-refractivity contribution in [1.29, 1.82) is 0 Å². The highest BCUT2D eigenvalue weighted by molar-refractivity contribution is 7.86. The predicted octanol–water partition coefficient (Wildman–Crippen LogP) is 1.77. The second-order valence-corrected chi connectivity index (χ2v) is 6.37. The number of rotatable bonds is 9. The number of carbonyl (C=O) groups is 1. The van der Waals surface area contributed by atoms with E-state index in [1.54, 1.807) is 0 Å². The zero-order valence-electron chi connectivity index (χ0n) is 12.1. The summed E-state index contributed by atoms with van der Waals surface area (Å²) >= 11 is 0. The van der Waals surface area contributed by atoms with Crippen molar-refractivity contribution in [3.05, 3.63) is 35.9 Å². The minimum Gasteiger partial charge on any atom is -0.480 e. The zero-order chi connectivity index (χ0) is 15.0. The second-order valence-electron chi connectivity index (χ2n) is 4.63. The van der Waals surface area contributed by atoms with E-state index in [1.165, 1.54) is 0 Å². The third-order valence-corrected chi connectivity index (χ3v) is 4.95. The van der Waals surface area contributed by atoms with Crippen molar-refractivity contribution in [2.24, 2.45) is 0 Å². The van der Waals surface area contributed by atoms with Crippen LogP contribution in [0.2, 0.25) is 0 Å². The molecular formula is C15H23NO3S. The van der Waals surface area contributed by atoms with Crippen molar-refractivity contribution in [3.8, 4) is 0 Å². The Morgan fingerprint density at radius 3 is 2.35 bits per heavy atom. The molecule has 0 bridgehead atoms. The van der Waals surface area contributed by atoms with Crippen molar-refractivity contribution in [1.82, 2.24) is 4.90 Å². The number of aliphatic carboxylic acids is 1. The molecule has 4 nitrogen and oxygen atoms in total. The van der Waals surface area contributed by atoms with E-state index in [0.717, 1.165) is 18.7 Å². The standard InChI is InChI=1S/C15H23NO3S/c1-3-16(4-2)10-11-20(19)14(15(17)18)12-13-8-6-5-7-9-13/h5-9,14H,3-4,10-12H2,1-2H3,(H,17,18). The maximum atomic E-state index is 12.2. The molecule has 0 fully saturated rings. The topological polar surface area (TPSA) is 57.6 Å².